The Hall–Kier alpha value is -3.41. The van der Waals surface area contributed by atoms with E-state index in [1.807, 2.05) is 79.2 Å². The molecular weight excluding hydrogens is 352 g/mol. The molecule has 2 N–H and O–H groups in total. The zero-order valence-electron chi connectivity index (χ0n) is 16.3. The molecule has 0 aliphatic rings. The van der Waals surface area contributed by atoms with Gasteiger partial charge in [-0.05, 0) is 37.6 Å². The Bertz CT molecular complexity index is 979. The summed E-state index contributed by atoms with van der Waals surface area (Å²) in [6, 6.07) is 18.6. The molecule has 0 spiro atoms. The molecule has 6 heteroatoms. The summed E-state index contributed by atoms with van der Waals surface area (Å²) in [4.78, 5) is 24.4. The fourth-order valence-electron chi connectivity index (χ4n) is 3.21. The third kappa shape index (κ3) is 4.65. The van der Waals surface area contributed by atoms with Crippen molar-refractivity contribution in [3.8, 4) is 5.69 Å². The SMILES string of the molecule is CC(=O)NC(CC(=O)Nc1ccccc1-n1nc(C)cc1C)c1ccccc1. The van der Waals surface area contributed by atoms with Crippen molar-refractivity contribution in [1.29, 1.82) is 0 Å². The minimum Gasteiger partial charge on any atom is -0.349 e. The van der Waals surface area contributed by atoms with E-state index in [1.54, 1.807) is 0 Å². The molecule has 0 radical (unpaired) electrons. The quantitative estimate of drug-likeness (QED) is 0.689. The van der Waals surface area contributed by atoms with Crippen LogP contribution in [0.15, 0.2) is 60.7 Å². The Morgan fingerprint density at radius 1 is 1.04 bits per heavy atom. The van der Waals surface area contributed by atoms with E-state index in [1.165, 1.54) is 6.92 Å². The summed E-state index contributed by atoms with van der Waals surface area (Å²) in [5.41, 5.74) is 4.26. The van der Waals surface area contributed by atoms with Crippen LogP contribution in [-0.4, -0.2) is 21.6 Å². The topological polar surface area (TPSA) is 76.0 Å². The van der Waals surface area contributed by atoms with Crippen LogP contribution in [0, 0.1) is 13.8 Å². The number of hydrogen-bond acceptors (Lipinski definition) is 3. The highest BCUT2D eigenvalue weighted by atomic mass is 16.2. The van der Waals surface area contributed by atoms with Gasteiger partial charge in [0, 0.05) is 12.6 Å². The first-order valence-corrected chi connectivity index (χ1v) is 9.18. The third-order valence-electron chi connectivity index (χ3n) is 4.38. The van der Waals surface area contributed by atoms with Crippen molar-refractivity contribution < 1.29 is 9.59 Å². The van der Waals surface area contributed by atoms with Gasteiger partial charge in [-0.2, -0.15) is 5.10 Å². The number of nitrogens with one attached hydrogen (secondary N) is 2. The van der Waals surface area contributed by atoms with Gasteiger partial charge in [-0.1, -0.05) is 42.5 Å². The Morgan fingerprint density at radius 3 is 2.36 bits per heavy atom. The highest BCUT2D eigenvalue weighted by molar-refractivity contribution is 5.93. The van der Waals surface area contributed by atoms with E-state index >= 15 is 0 Å². The molecule has 0 saturated heterocycles. The molecule has 28 heavy (non-hydrogen) atoms. The average molecular weight is 376 g/mol. The Kier molecular flexibility index (Phi) is 5.89. The summed E-state index contributed by atoms with van der Waals surface area (Å²) in [5, 5.41) is 10.3. The van der Waals surface area contributed by atoms with Crippen molar-refractivity contribution in [3.05, 3.63) is 77.6 Å². The van der Waals surface area contributed by atoms with Crippen molar-refractivity contribution in [3.63, 3.8) is 0 Å². The van der Waals surface area contributed by atoms with Crippen LogP contribution in [0.1, 0.15) is 36.3 Å². The van der Waals surface area contributed by atoms with Crippen molar-refractivity contribution in [2.45, 2.75) is 33.2 Å². The minimum atomic E-state index is -0.389. The first-order chi connectivity index (χ1) is 13.4. The van der Waals surface area contributed by atoms with Gasteiger partial charge in [-0.15, -0.1) is 0 Å². The normalized spacial score (nSPS) is 11.7. The van der Waals surface area contributed by atoms with Crippen molar-refractivity contribution in [2.24, 2.45) is 0 Å². The van der Waals surface area contributed by atoms with Crippen LogP contribution in [0.5, 0.6) is 0 Å². The minimum absolute atomic E-state index is 0.134. The number of carbonyl (C=O) groups is 2. The molecule has 0 saturated carbocycles. The van der Waals surface area contributed by atoms with E-state index in [9.17, 15) is 9.59 Å². The number of carbonyl (C=O) groups excluding carboxylic acids is 2. The number of amides is 2. The highest BCUT2D eigenvalue weighted by Gasteiger charge is 2.18. The average Bonchev–Trinajstić information content (AvgIpc) is 3.00. The van der Waals surface area contributed by atoms with E-state index in [4.69, 9.17) is 0 Å². The van der Waals surface area contributed by atoms with Gasteiger partial charge in [-0.25, -0.2) is 4.68 Å². The van der Waals surface area contributed by atoms with Gasteiger partial charge < -0.3 is 10.6 Å². The second-order valence-corrected chi connectivity index (χ2v) is 6.77. The standard InChI is InChI=1S/C22H24N4O2/c1-15-13-16(2)26(25-15)21-12-8-7-11-19(21)24-22(28)14-20(23-17(3)27)18-9-5-4-6-10-18/h4-13,20H,14H2,1-3H3,(H,23,27)(H,24,28). The Morgan fingerprint density at radius 2 is 1.71 bits per heavy atom. The van der Waals surface area contributed by atoms with Crippen LogP contribution in [0.2, 0.25) is 0 Å². The molecule has 0 fully saturated rings. The van der Waals surface area contributed by atoms with E-state index < -0.39 is 0 Å². The summed E-state index contributed by atoms with van der Waals surface area (Å²) in [6.45, 7) is 5.36. The predicted octanol–water partition coefficient (Wildman–Crippen LogP) is 3.70. The number of hydrogen-bond donors (Lipinski definition) is 2. The zero-order valence-corrected chi connectivity index (χ0v) is 16.3. The van der Waals surface area contributed by atoms with Crippen LogP contribution < -0.4 is 10.6 Å². The van der Waals surface area contributed by atoms with Crippen molar-refractivity contribution >= 4 is 17.5 Å². The number of nitrogens with zero attached hydrogens (tertiary/aromatic N) is 2. The lowest BCUT2D eigenvalue weighted by atomic mass is 10.0. The van der Waals surface area contributed by atoms with Gasteiger partial charge >= 0.3 is 0 Å². The molecule has 0 aliphatic heterocycles. The number of para-hydroxylation sites is 2. The van der Waals surface area contributed by atoms with Crippen molar-refractivity contribution in [1.82, 2.24) is 15.1 Å². The lowest BCUT2D eigenvalue weighted by molar-refractivity contribution is -0.120. The first-order valence-electron chi connectivity index (χ1n) is 9.18. The van der Waals surface area contributed by atoms with Crippen molar-refractivity contribution in [2.75, 3.05) is 5.32 Å². The number of anilines is 1. The molecule has 1 heterocycles. The van der Waals surface area contributed by atoms with E-state index in [0.717, 1.165) is 22.6 Å². The van der Waals surface area contributed by atoms with Crippen LogP contribution in [-0.2, 0) is 9.59 Å². The maximum absolute atomic E-state index is 12.8. The smallest absolute Gasteiger partial charge is 0.226 e. The predicted molar refractivity (Wildman–Crippen MR) is 109 cm³/mol. The molecule has 1 atom stereocenters. The second kappa shape index (κ2) is 8.52. The van der Waals surface area contributed by atoms with Gasteiger partial charge in [0.2, 0.25) is 11.8 Å². The summed E-state index contributed by atoms with van der Waals surface area (Å²) < 4.78 is 1.81. The molecule has 0 aliphatic carbocycles. The first kappa shape index (κ1) is 19.4. The molecule has 6 nitrogen and oxygen atoms in total. The molecule has 2 amide bonds. The monoisotopic (exact) mass is 376 g/mol. The molecule has 3 aromatic rings. The highest BCUT2D eigenvalue weighted by Crippen LogP contribution is 2.23. The summed E-state index contributed by atoms with van der Waals surface area (Å²) in [6.07, 6.45) is 0.134. The van der Waals surface area contributed by atoms with Crippen LogP contribution in [0.4, 0.5) is 5.69 Å². The fraction of sp³-hybridized carbons (Fsp3) is 0.227. The lowest BCUT2D eigenvalue weighted by Gasteiger charge is -2.19. The molecular formula is C22H24N4O2. The number of rotatable bonds is 6. The molecule has 0 bridgehead atoms. The summed E-state index contributed by atoms with van der Waals surface area (Å²) in [7, 11) is 0. The van der Waals surface area contributed by atoms with Gasteiger partial charge in [-0.3, -0.25) is 9.59 Å². The molecule has 2 aromatic carbocycles. The maximum Gasteiger partial charge on any atom is 0.226 e. The van der Waals surface area contributed by atoms with Gasteiger partial charge in [0.15, 0.2) is 0 Å². The van der Waals surface area contributed by atoms with Gasteiger partial charge in [0.25, 0.3) is 0 Å². The largest absolute Gasteiger partial charge is 0.349 e. The Labute approximate surface area is 164 Å². The van der Waals surface area contributed by atoms with Gasteiger partial charge in [0.1, 0.15) is 0 Å². The maximum atomic E-state index is 12.8. The number of aryl methyl sites for hydroxylation is 2. The molecule has 1 unspecified atom stereocenters. The van der Waals surface area contributed by atoms with E-state index in [-0.39, 0.29) is 24.3 Å². The molecule has 144 valence electrons. The number of benzene rings is 2. The summed E-state index contributed by atoms with van der Waals surface area (Å²) in [5.74, 6) is -0.360. The van der Waals surface area contributed by atoms with E-state index in [0.29, 0.717) is 5.69 Å². The van der Waals surface area contributed by atoms with Crippen LogP contribution in [0.25, 0.3) is 5.69 Å². The Balaban J connectivity index is 1.81. The third-order valence-corrected chi connectivity index (χ3v) is 4.38. The summed E-state index contributed by atoms with van der Waals surface area (Å²) >= 11 is 0. The van der Waals surface area contributed by atoms with Crippen LogP contribution in [0.3, 0.4) is 0 Å². The van der Waals surface area contributed by atoms with E-state index in [2.05, 4.69) is 15.7 Å². The second-order valence-electron chi connectivity index (χ2n) is 6.77. The lowest BCUT2D eigenvalue weighted by Crippen LogP contribution is -2.29. The molecule has 1 aromatic heterocycles. The fourth-order valence-corrected chi connectivity index (χ4v) is 3.21. The van der Waals surface area contributed by atoms with Crippen LogP contribution >= 0.6 is 0 Å². The number of aromatic nitrogens is 2. The zero-order chi connectivity index (χ0) is 20.1. The molecule has 3 rings (SSSR count). The van der Waals surface area contributed by atoms with Gasteiger partial charge in [0.05, 0.1) is 29.5 Å².